The molecule has 2 rings (SSSR count). The molecule has 0 atom stereocenters. The van der Waals surface area contributed by atoms with Crippen molar-refractivity contribution in [3.8, 4) is 0 Å². The molecule has 3 heteroatoms. The second-order valence-electron chi connectivity index (χ2n) is 2.31. The van der Waals surface area contributed by atoms with Gasteiger partial charge in [-0.25, -0.2) is 4.98 Å². The second-order valence-corrected chi connectivity index (χ2v) is 2.31. The largest absolute Gasteiger partial charge is 0.384 e. The first kappa shape index (κ1) is 9.45. The molecule has 0 aliphatic carbocycles. The average Bonchev–Trinajstić information content (AvgIpc) is 2.21. The van der Waals surface area contributed by atoms with E-state index < -0.39 is 0 Å². The Hall–Kier alpha value is -1.64. The third-order valence-corrected chi connectivity index (χ3v) is 1.51. The van der Waals surface area contributed by atoms with Crippen molar-refractivity contribution in [3.63, 3.8) is 0 Å². The fraction of sp³-hybridized carbons (Fsp3) is 0.200. The first-order valence-corrected chi connectivity index (χ1v) is 4.32. The quantitative estimate of drug-likeness (QED) is 0.668. The number of nitrogen functional groups attached to an aromatic ring is 1. The van der Waals surface area contributed by atoms with Crippen LogP contribution in [0.2, 0.25) is 0 Å². The van der Waals surface area contributed by atoms with Crippen LogP contribution in [0.15, 0.2) is 30.6 Å². The Bertz CT molecular complexity index is 385. The molecule has 2 aromatic rings. The number of anilines is 1. The Labute approximate surface area is 77.6 Å². The van der Waals surface area contributed by atoms with Crippen LogP contribution in [-0.2, 0) is 0 Å². The lowest BCUT2D eigenvalue weighted by atomic mass is 10.2. The molecule has 68 valence electrons. The van der Waals surface area contributed by atoms with Gasteiger partial charge in [-0.3, -0.25) is 4.98 Å². The average molecular weight is 175 g/mol. The number of aromatic nitrogens is 2. The first-order valence-electron chi connectivity index (χ1n) is 4.32. The minimum absolute atomic E-state index is 0.533. The molecule has 0 fully saturated rings. The minimum atomic E-state index is 0.533. The van der Waals surface area contributed by atoms with Gasteiger partial charge >= 0.3 is 0 Å². The van der Waals surface area contributed by atoms with Gasteiger partial charge in [-0.15, -0.1) is 0 Å². The number of nitrogens with zero attached hydrogens (tertiary/aromatic N) is 2. The molecular formula is C10H13N3. The Morgan fingerprint density at radius 1 is 1.23 bits per heavy atom. The van der Waals surface area contributed by atoms with Crippen molar-refractivity contribution < 1.29 is 0 Å². The summed E-state index contributed by atoms with van der Waals surface area (Å²) in [6.07, 6.45) is 3.41. The summed E-state index contributed by atoms with van der Waals surface area (Å²) in [5.41, 5.74) is 6.36. The molecule has 0 bridgehead atoms. The lowest BCUT2D eigenvalue weighted by Crippen LogP contribution is -1.89. The lowest BCUT2D eigenvalue weighted by Gasteiger charge is -1.95. The fourth-order valence-corrected chi connectivity index (χ4v) is 0.992. The summed E-state index contributed by atoms with van der Waals surface area (Å²) in [6, 6.07) is 5.64. The van der Waals surface area contributed by atoms with Crippen LogP contribution in [0.3, 0.4) is 0 Å². The van der Waals surface area contributed by atoms with E-state index in [1.807, 2.05) is 32.0 Å². The van der Waals surface area contributed by atoms with Gasteiger partial charge < -0.3 is 5.73 Å². The van der Waals surface area contributed by atoms with Gasteiger partial charge in [0.05, 0.1) is 11.7 Å². The Balaban J connectivity index is 0.000000396. The molecule has 13 heavy (non-hydrogen) atoms. The summed E-state index contributed by atoms with van der Waals surface area (Å²) in [5, 5.41) is 1.03. The number of pyridine rings is 2. The molecule has 0 spiro atoms. The Morgan fingerprint density at radius 2 is 2.00 bits per heavy atom. The van der Waals surface area contributed by atoms with Gasteiger partial charge in [0.2, 0.25) is 0 Å². The van der Waals surface area contributed by atoms with Crippen molar-refractivity contribution >= 4 is 16.7 Å². The predicted molar refractivity (Wildman–Crippen MR) is 55.3 cm³/mol. The lowest BCUT2D eigenvalue weighted by molar-refractivity contribution is 1.32. The number of fused-ring (bicyclic) bond motifs is 1. The minimum Gasteiger partial charge on any atom is -0.384 e. The summed E-state index contributed by atoms with van der Waals surface area (Å²) in [7, 11) is 0. The van der Waals surface area contributed by atoms with Crippen molar-refractivity contribution in [1.82, 2.24) is 9.97 Å². The van der Waals surface area contributed by atoms with Crippen LogP contribution in [0.5, 0.6) is 0 Å². The van der Waals surface area contributed by atoms with E-state index in [2.05, 4.69) is 9.97 Å². The van der Waals surface area contributed by atoms with Crippen LogP contribution in [0.4, 0.5) is 5.82 Å². The zero-order valence-electron chi connectivity index (χ0n) is 7.86. The highest BCUT2D eigenvalue weighted by Gasteiger charge is 1.92. The highest BCUT2D eigenvalue weighted by Crippen LogP contribution is 2.10. The third kappa shape index (κ3) is 2.15. The zero-order valence-corrected chi connectivity index (χ0v) is 7.86. The first-order chi connectivity index (χ1) is 6.36. The van der Waals surface area contributed by atoms with Crippen molar-refractivity contribution in [2.24, 2.45) is 0 Å². The van der Waals surface area contributed by atoms with Crippen LogP contribution in [0.25, 0.3) is 10.9 Å². The highest BCUT2D eigenvalue weighted by molar-refractivity contribution is 5.79. The van der Waals surface area contributed by atoms with Crippen LogP contribution >= 0.6 is 0 Å². The summed E-state index contributed by atoms with van der Waals surface area (Å²) in [4.78, 5) is 8.03. The van der Waals surface area contributed by atoms with Crippen molar-refractivity contribution in [2.75, 3.05) is 5.73 Å². The summed E-state index contributed by atoms with van der Waals surface area (Å²) < 4.78 is 0. The predicted octanol–water partition coefficient (Wildman–Crippen LogP) is 2.24. The summed E-state index contributed by atoms with van der Waals surface area (Å²) in [6.45, 7) is 4.00. The van der Waals surface area contributed by atoms with Gasteiger partial charge in [-0.2, -0.15) is 0 Å². The normalized spacial score (nSPS) is 9.08. The fourth-order valence-electron chi connectivity index (χ4n) is 0.992. The van der Waals surface area contributed by atoms with Crippen LogP contribution in [0.1, 0.15) is 13.8 Å². The molecule has 0 aliphatic heterocycles. The van der Waals surface area contributed by atoms with Crippen LogP contribution in [0, 0.1) is 0 Å². The van der Waals surface area contributed by atoms with Gasteiger partial charge in [0.1, 0.15) is 5.82 Å². The van der Waals surface area contributed by atoms with E-state index in [4.69, 9.17) is 5.73 Å². The molecule has 0 aliphatic rings. The molecule has 3 nitrogen and oxygen atoms in total. The molecule has 0 saturated carbocycles. The van der Waals surface area contributed by atoms with Gasteiger partial charge in [0, 0.05) is 11.6 Å². The van der Waals surface area contributed by atoms with Crippen LogP contribution < -0.4 is 5.73 Å². The molecule has 0 unspecified atom stereocenters. The van der Waals surface area contributed by atoms with Gasteiger partial charge in [0.15, 0.2) is 0 Å². The molecule has 2 heterocycles. The van der Waals surface area contributed by atoms with Gasteiger partial charge in [-0.05, 0) is 12.1 Å². The van der Waals surface area contributed by atoms with Crippen molar-refractivity contribution in [3.05, 3.63) is 30.6 Å². The maximum absolute atomic E-state index is 5.48. The molecular weight excluding hydrogens is 162 g/mol. The molecule has 2 aromatic heterocycles. The number of hydrogen-bond acceptors (Lipinski definition) is 3. The maximum atomic E-state index is 5.48. The van der Waals surface area contributed by atoms with E-state index in [0.29, 0.717) is 5.82 Å². The Morgan fingerprint density at radius 3 is 2.77 bits per heavy atom. The smallest absolute Gasteiger partial charge is 0.124 e. The van der Waals surface area contributed by atoms with Gasteiger partial charge in [-0.1, -0.05) is 19.9 Å². The molecule has 0 amide bonds. The van der Waals surface area contributed by atoms with E-state index >= 15 is 0 Å². The van der Waals surface area contributed by atoms with Gasteiger partial charge in [0.25, 0.3) is 0 Å². The van der Waals surface area contributed by atoms with E-state index in [1.165, 1.54) is 0 Å². The summed E-state index contributed by atoms with van der Waals surface area (Å²) in [5.74, 6) is 0.533. The SMILES string of the molecule is CC.Nc1cc2cccnc2cn1. The molecule has 0 saturated heterocycles. The zero-order chi connectivity index (χ0) is 9.68. The van der Waals surface area contributed by atoms with E-state index in [9.17, 15) is 0 Å². The third-order valence-electron chi connectivity index (χ3n) is 1.51. The highest BCUT2D eigenvalue weighted by atomic mass is 14.8. The molecule has 0 aromatic carbocycles. The van der Waals surface area contributed by atoms with E-state index in [0.717, 1.165) is 10.9 Å². The molecule has 2 N–H and O–H groups in total. The topological polar surface area (TPSA) is 51.8 Å². The van der Waals surface area contributed by atoms with Crippen molar-refractivity contribution in [2.45, 2.75) is 13.8 Å². The Kier molecular flexibility index (Phi) is 3.20. The van der Waals surface area contributed by atoms with Crippen LogP contribution in [-0.4, -0.2) is 9.97 Å². The standard InChI is InChI=1S/C8H7N3.C2H6/c9-8-4-6-2-1-3-10-7(6)5-11-8;1-2/h1-5H,(H2,9,11);1-2H3. The van der Waals surface area contributed by atoms with E-state index in [1.54, 1.807) is 12.4 Å². The number of nitrogens with two attached hydrogens (primary N) is 1. The maximum Gasteiger partial charge on any atom is 0.124 e. The van der Waals surface area contributed by atoms with E-state index in [-0.39, 0.29) is 0 Å². The summed E-state index contributed by atoms with van der Waals surface area (Å²) >= 11 is 0. The number of rotatable bonds is 0. The second kappa shape index (κ2) is 4.40. The molecule has 0 radical (unpaired) electrons. The van der Waals surface area contributed by atoms with Crippen molar-refractivity contribution in [1.29, 1.82) is 0 Å². The number of hydrogen-bond donors (Lipinski definition) is 1. The monoisotopic (exact) mass is 175 g/mol.